The van der Waals surface area contributed by atoms with E-state index in [9.17, 15) is 0 Å². The smallest absolute Gasteiger partial charge is 0.118 e. The lowest BCUT2D eigenvalue weighted by atomic mass is 9.99. The fraction of sp³-hybridized carbons (Fsp3) is 0.625. The van der Waals surface area contributed by atoms with Crippen LogP contribution in [0.2, 0.25) is 0 Å². The normalized spacial score (nSPS) is 14.3. The Labute approximate surface area is 122 Å². The number of hydrogen-bond acceptors (Lipinski definition) is 4. The maximum atomic E-state index is 6.21. The molecule has 0 aromatic heterocycles. The van der Waals surface area contributed by atoms with Crippen molar-refractivity contribution in [3.63, 3.8) is 0 Å². The molecule has 0 saturated heterocycles. The van der Waals surface area contributed by atoms with Gasteiger partial charge in [0.1, 0.15) is 5.75 Å². The average Bonchev–Trinajstić information content (AvgIpc) is 2.46. The van der Waals surface area contributed by atoms with Crippen LogP contribution in [-0.2, 0) is 4.74 Å². The first kappa shape index (κ1) is 17.0. The SMILES string of the molecule is CCOCCN(CC)C(c1ccc(OC)cc1)C(C)N. The average molecular weight is 280 g/mol. The molecule has 1 aromatic carbocycles. The molecule has 0 fully saturated rings. The number of nitrogens with zero attached hydrogens (tertiary/aromatic N) is 1. The largest absolute Gasteiger partial charge is 0.497 e. The number of rotatable bonds is 9. The summed E-state index contributed by atoms with van der Waals surface area (Å²) in [6, 6.07) is 8.42. The van der Waals surface area contributed by atoms with Gasteiger partial charge >= 0.3 is 0 Å². The number of ether oxygens (including phenoxy) is 2. The standard InChI is InChI=1S/C16H28N2O2/c1-5-18(11-12-20-6-2)16(13(3)17)14-7-9-15(19-4)10-8-14/h7-10,13,16H,5-6,11-12,17H2,1-4H3. The van der Waals surface area contributed by atoms with Gasteiger partial charge in [-0.05, 0) is 38.1 Å². The molecule has 0 radical (unpaired) electrons. The number of methoxy groups -OCH3 is 1. The van der Waals surface area contributed by atoms with Crippen LogP contribution >= 0.6 is 0 Å². The predicted molar refractivity (Wildman–Crippen MR) is 83.1 cm³/mol. The summed E-state index contributed by atoms with van der Waals surface area (Å²) in [5.74, 6) is 0.870. The predicted octanol–water partition coefficient (Wildman–Crippen LogP) is 2.44. The van der Waals surface area contributed by atoms with Crippen LogP contribution in [0.1, 0.15) is 32.4 Å². The summed E-state index contributed by atoms with van der Waals surface area (Å²) < 4.78 is 10.7. The van der Waals surface area contributed by atoms with Crippen molar-refractivity contribution in [3.05, 3.63) is 29.8 Å². The second kappa shape index (κ2) is 8.95. The zero-order chi connectivity index (χ0) is 15.0. The van der Waals surface area contributed by atoms with Gasteiger partial charge in [0.2, 0.25) is 0 Å². The molecule has 0 heterocycles. The summed E-state index contributed by atoms with van der Waals surface area (Å²) in [7, 11) is 1.68. The zero-order valence-electron chi connectivity index (χ0n) is 13.1. The molecule has 0 bridgehead atoms. The van der Waals surface area contributed by atoms with E-state index < -0.39 is 0 Å². The van der Waals surface area contributed by atoms with Gasteiger partial charge in [-0.2, -0.15) is 0 Å². The minimum atomic E-state index is 0.0602. The zero-order valence-corrected chi connectivity index (χ0v) is 13.1. The van der Waals surface area contributed by atoms with Gasteiger partial charge in [0, 0.05) is 25.2 Å². The van der Waals surface area contributed by atoms with Crippen molar-refractivity contribution in [3.8, 4) is 5.75 Å². The molecule has 4 nitrogen and oxygen atoms in total. The fourth-order valence-corrected chi connectivity index (χ4v) is 2.47. The van der Waals surface area contributed by atoms with Crippen LogP contribution in [0.4, 0.5) is 0 Å². The Morgan fingerprint density at radius 2 is 1.85 bits per heavy atom. The van der Waals surface area contributed by atoms with Crippen molar-refractivity contribution < 1.29 is 9.47 Å². The third kappa shape index (κ3) is 4.78. The third-order valence-electron chi connectivity index (χ3n) is 3.48. The molecule has 114 valence electrons. The highest BCUT2D eigenvalue weighted by molar-refractivity contribution is 5.29. The first-order valence-electron chi connectivity index (χ1n) is 7.35. The second-order valence-corrected chi connectivity index (χ2v) is 4.90. The van der Waals surface area contributed by atoms with E-state index in [-0.39, 0.29) is 12.1 Å². The molecule has 0 aliphatic heterocycles. The van der Waals surface area contributed by atoms with Gasteiger partial charge in [0.05, 0.1) is 13.7 Å². The molecule has 20 heavy (non-hydrogen) atoms. The Morgan fingerprint density at radius 3 is 2.30 bits per heavy atom. The van der Waals surface area contributed by atoms with Crippen LogP contribution in [-0.4, -0.2) is 44.4 Å². The molecule has 0 aliphatic rings. The maximum absolute atomic E-state index is 6.21. The van der Waals surface area contributed by atoms with Gasteiger partial charge in [-0.3, -0.25) is 4.90 Å². The number of hydrogen-bond donors (Lipinski definition) is 1. The monoisotopic (exact) mass is 280 g/mol. The van der Waals surface area contributed by atoms with E-state index in [1.807, 2.05) is 19.1 Å². The van der Waals surface area contributed by atoms with Crippen molar-refractivity contribution in [1.82, 2.24) is 4.90 Å². The second-order valence-electron chi connectivity index (χ2n) is 4.90. The van der Waals surface area contributed by atoms with Crippen molar-refractivity contribution in [2.24, 2.45) is 5.73 Å². The highest BCUT2D eigenvalue weighted by atomic mass is 16.5. The van der Waals surface area contributed by atoms with E-state index in [0.717, 1.165) is 32.1 Å². The molecule has 4 heteroatoms. The van der Waals surface area contributed by atoms with Crippen LogP contribution < -0.4 is 10.5 Å². The van der Waals surface area contributed by atoms with E-state index in [2.05, 4.69) is 30.9 Å². The van der Waals surface area contributed by atoms with E-state index in [1.165, 1.54) is 5.56 Å². The summed E-state index contributed by atoms with van der Waals surface area (Å²) >= 11 is 0. The number of likely N-dealkylation sites (N-methyl/N-ethyl adjacent to an activating group) is 1. The maximum Gasteiger partial charge on any atom is 0.118 e. The Hall–Kier alpha value is -1.10. The molecule has 0 saturated carbocycles. The summed E-state index contributed by atoms with van der Waals surface area (Å²) in [5, 5.41) is 0. The lowest BCUT2D eigenvalue weighted by Crippen LogP contribution is -2.41. The highest BCUT2D eigenvalue weighted by Crippen LogP contribution is 2.25. The summed E-state index contributed by atoms with van der Waals surface area (Å²) in [6.45, 7) is 9.56. The van der Waals surface area contributed by atoms with Crippen LogP contribution in [0.3, 0.4) is 0 Å². The Morgan fingerprint density at radius 1 is 1.20 bits per heavy atom. The molecule has 1 aromatic rings. The highest BCUT2D eigenvalue weighted by Gasteiger charge is 2.22. The molecular weight excluding hydrogens is 252 g/mol. The molecule has 0 amide bonds. The fourth-order valence-electron chi connectivity index (χ4n) is 2.47. The molecule has 0 spiro atoms. The minimum absolute atomic E-state index is 0.0602. The summed E-state index contributed by atoms with van der Waals surface area (Å²) in [6.07, 6.45) is 0. The summed E-state index contributed by atoms with van der Waals surface area (Å²) in [4.78, 5) is 2.36. The van der Waals surface area contributed by atoms with Crippen molar-refractivity contribution in [2.45, 2.75) is 32.9 Å². The van der Waals surface area contributed by atoms with Crippen molar-refractivity contribution in [1.29, 1.82) is 0 Å². The third-order valence-corrected chi connectivity index (χ3v) is 3.48. The molecule has 0 aliphatic carbocycles. The molecule has 2 N–H and O–H groups in total. The van der Waals surface area contributed by atoms with Crippen molar-refractivity contribution >= 4 is 0 Å². The Balaban J connectivity index is 2.84. The minimum Gasteiger partial charge on any atom is -0.497 e. The van der Waals surface area contributed by atoms with Gasteiger partial charge in [0.25, 0.3) is 0 Å². The molecule has 2 atom stereocenters. The van der Waals surface area contributed by atoms with Crippen LogP contribution in [0.25, 0.3) is 0 Å². The van der Waals surface area contributed by atoms with E-state index >= 15 is 0 Å². The number of benzene rings is 1. The number of nitrogens with two attached hydrogens (primary N) is 1. The van der Waals surface area contributed by atoms with Gasteiger partial charge < -0.3 is 15.2 Å². The Kier molecular flexibility index (Phi) is 7.59. The van der Waals surface area contributed by atoms with Gasteiger partial charge in [-0.15, -0.1) is 0 Å². The van der Waals surface area contributed by atoms with Crippen molar-refractivity contribution in [2.75, 3.05) is 33.4 Å². The lowest BCUT2D eigenvalue weighted by molar-refractivity contribution is 0.0909. The van der Waals surface area contributed by atoms with E-state index in [1.54, 1.807) is 7.11 Å². The lowest BCUT2D eigenvalue weighted by Gasteiger charge is -2.33. The van der Waals surface area contributed by atoms with Gasteiger partial charge in [0.15, 0.2) is 0 Å². The first-order valence-corrected chi connectivity index (χ1v) is 7.35. The molecule has 1 rings (SSSR count). The van der Waals surface area contributed by atoms with E-state index in [4.69, 9.17) is 15.2 Å². The topological polar surface area (TPSA) is 47.7 Å². The quantitative estimate of drug-likeness (QED) is 0.706. The van der Waals surface area contributed by atoms with Crippen LogP contribution in [0.15, 0.2) is 24.3 Å². The van der Waals surface area contributed by atoms with E-state index in [0.29, 0.717) is 0 Å². The molecule has 2 unspecified atom stereocenters. The summed E-state index contributed by atoms with van der Waals surface area (Å²) in [5.41, 5.74) is 7.43. The van der Waals surface area contributed by atoms with Gasteiger partial charge in [-0.25, -0.2) is 0 Å². The van der Waals surface area contributed by atoms with Crippen LogP contribution in [0.5, 0.6) is 5.75 Å². The first-order chi connectivity index (χ1) is 9.63. The molecular formula is C16H28N2O2. The van der Waals surface area contributed by atoms with Gasteiger partial charge in [-0.1, -0.05) is 19.1 Å². The Bertz CT molecular complexity index is 365. The van der Waals surface area contributed by atoms with Crippen LogP contribution in [0, 0.1) is 0 Å².